The molecule has 2 aromatic heterocycles. The molecule has 0 aliphatic carbocycles. The van der Waals surface area contributed by atoms with E-state index in [1.807, 2.05) is 12.1 Å². The van der Waals surface area contributed by atoms with Crippen molar-refractivity contribution >= 4 is 57.9 Å². The first-order chi connectivity index (χ1) is 16.9. The minimum atomic E-state index is -0.739. The molecule has 5 aromatic carbocycles. The van der Waals surface area contributed by atoms with Gasteiger partial charge in [-0.05, 0) is 40.9 Å². The summed E-state index contributed by atoms with van der Waals surface area (Å²) in [5, 5.41) is 7.69. The van der Waals surface area contributed by atoms with Crippen molar-refractivity contribution in [2.24, 2.45) is 0 Å². The van der Waals surface area contributed by atoms with Crippen LogP contribution in [0.5, 0.6) is 0 Å². The third-order valence-electron chi connectivity index (χ3n) is 6.20. The molecule has 7 aromatic rings. The van der Waals surface area contributed by atoms with Gasteiger partial charge in [0.1, 0.15) is 22.3 Å². The third-order valence-corrected chi connectivity index (χ3v) is 11.2. The third kappa shape index (κ3) is 3.11. The van der Waals surface area contributed by atoms with Crippen LogP contribution in [0, 0.1) is 0 Å². The first kappa shape index (κ1) is 19.7. The predicted octanol–water partition coefficient (Wildman–Crippen LogP) is 10.6. The van der Waals surface area contributed by atoms with Crippen molar-refractivity contribution < 1.29 is 8.83 Å². The summed E-state index contributed by atoms with van der Waals surface area (Å²) in [5.74, 6) is 0. The van der Waals surface area contributed by atoms with E-state index in [9.17, 15) is 0 Å². The van der Waals surface area contributed by atoms with Gasteiger partial charge in [-0.25, -0.2) is 0 Å². The normalized spacial score (nSPS) is 12.6. The Balaban J connectivity index is 1.70. The Hall–Kier alpha value is -3.70. The van der Waals surface area contributed by atoms with Crippen molar-refractivity contribution in [2.45, 2.75) is 0 Å². The average molecular weight is 474 g/mol. The number of hydrogen-bond acceptors (Lipinski definition) is 2. The van der Waals surface area contributed by atoms with Gasteiger partial charge >= 0.3 is 0 Å². The Morgan fingerprint density at radius 2 is 0.765 bits per heavy atom. The van der Waals surface area contributed by atoms with Crippen LogP contribution in [-0.4, -0.2) is 0 Å². The zero-order valence-electron chi connectivity index (χ0n) is 18.3. The quantitative estimate of drug-likeness (QED) is 0.233. The number of para-hydroxylation sites is 2. The fourth-order valence-electron chi connectivity index (χ4n) is 4.72. The zero-order valence-corrected chi connectivity index (χ0v) is 20.0. The van der Waals surface area contributed by atoms with E-state index < -0.39 is 15.1 Å². The molecule has 0 spiro atoms. The summed E-state index contributed by atoms with van der Waals surface area (Å²) in [6.07, 6.45) is 0. The van der Waals surface area contributed by atoms with Crippen molar-refractivity contribution in [3.05, 3.63) is 121 Å². The summed E-state index contributed by atoms with van der Waals surface area (Å²) in [5.41, 5.74) is 3.67. The van der Waals surface area contributed by atoms with Crippen LogP contribution in [-0.2, 0) is 0 Å². The van der Waals surface area contributed by atoms with Crippen LogP contribution in [0.2, 0.25) is 0 Å². The molecule has 2 nitrogen and oxygen atoms in total. The van der Waals surface area contributed by atoms with Gasteiger partial charge in [0, 0.05) is 26.5 Å². The van der Waals surface area contributed by atoms with Crippen molar-refractivity contribution in [3.63, 3.8) is 0 Å². The molecule has 0 saturated heterocycles. The molecule has 0 amide bonds. The van der Waals surface area contributed by atoms with E-state index in [0.717, 1.165) is 22.3 Å². The maximum Gasteiger partial charge on any atom is 0.142 e. The summed E-state index contributed by atoms with van der Waals surface area (Å²) in [4.78, 5) is 0. The summed E-state index contributed by atoms with van der Waals surface area (Å²) in [6.45, 7) is 0. The smallest absolute Gasteiger partial charge is 0.142 e. The van der Waals surface area contributed by atoms with E-state index >= 15 is 0 Å². The topological polar surface area (TPSA) is 26.3 Å². The monoisotopic (exact) mass is 474 g/mol. The Labute approximate surface area is 198 Å². The van der Waals surface area contributed by atoms with Crippen LogP contribution in [0.4, 0.5) is 0 Å². The van der Waals surface area contributed by atoms with Crippen LogP contribution in [0.25, 0.3) is 53.4 Å². The molecule has 0 fully saturated rings. The lowest BCUT2D eigenvalue weighted by atomic mass is 10.3. The molecule has 0 bridgehead atoms. The fraction of sp³-hybridized carbons (Fsp3) is 0. The SMILES string of the molecule is c1ccc(-p2c3ccccc3oc3cc4oc5ccccc5p(-c5ccccc5)c4cc32)cc1. The van der Waals surface area contributed by atoms with E-state index in [-0.39, 0.29) is 0 Å². The Bertz CT molecular complexity index is 1720. The fourth-order valence-corrected chi connectivity index (χ4v) is 9.72. The molecule has 0 saturated carbocycles. The van der Waals surface area contributed by atoms with Crippen molar-refractivity contribution in [3.8, 4) is 10.6 Å². The molecule has 0 aliphatic rings. The summed E-state index contributed by atoms with van der Waals surface area (Å²) >= 11 is 0. The maximum absolute atomic E-state index is 6.47. The molecule has 2 heterocycles. The lowest BCUT2D eigenvalue weighted by molar-refractivity contribution is 0.650. The minimum absolute atomic E-state index is 0.739. The van der Waals surface area contributed by atoms with Crippen LogP contribution in [0.15, 0.2) is 130 Å². The summed E-state index contributed by atoms with van der Waals surface area (Å²) < 4.78 is 12.9. The van der Waals surface area contributed by atoms with Crippen LogP contribution < -0.4 is 0 Å². The van der Waals surface area contributed by atoms with Crippen LogP contribution in [0.1, 0.15) is 0 Å². The van der Waals surface area contributed by atoms with Gasteiger partial charge < -0.3 is 8.83 Å². The Morgan fingerprint density at radius 1 is 0.353 bits per heavy atom. The summed E-state index contributed by atoms with van der Waals surface area (Å²) in [6, 6.07) is 43.0. The molecule has 34 heavy (non-hydrogen) atoms. The van der Waals surface area contributed by atoms with Gasteiger partial charge in [-0.3, -0.25) is 0 Å². The van der Waals surface area contributed by atoms with Gasteiger partial charge in [-0.1, -0.05) is 100.0 Å². The lowest BCUT2D eigenvalue weighted by Gasteiger charge is -2.16. The maximum atomic E-state index is 6.47. The van der Waals surface area contributed by atoms with E-state index in [4.69, 9.17) is 8.83 Å². The first-order valence-corrected chi connectivity index (χ1v) is 14.0. The van der Waals surface area contributed by atoms with Gasteiger partial charge in [0.05, 0.1) is 0 Å². The highest BCUT2D eigenvalue weighted by molar-refractivity contribution is 7.68. The zero-order chi connectivity index (χ0) is 22.5. The predicted molar refractivity (Wildman–Crippen MR) is 147 cm³/mol. The van der Waals surface area contributed by atoms with Gasteiger partial charge in [0.2, 0.25) is 0 Å². The van der Waals surface area contributed by atoms with E-state index in [1.54, 1.807) is 0 Å². The molecule has 2 atom stereocenters. The van der Waals surface area contributed by atoms with Crippen LogP contribution in [0.3, 0.4) is 0 Å². The highest BCUT2D eigenvalue weighted by atomic mass is 31.1. The number of fused-ring (bicyclic) bond motifs is 4. The van der Waals surface area contributed by atoms with Gasteiger partial charge in [-0.15, -0.1) is 0 Å². The highest BCUT2D eigenvalue weighted by Gasteiger charge is 2.17. The van der Waals surface area contributed by atoms with E-state index in [0.29, 0.717) is 0 Å². The molecule has 7 rings (SSSR count). The molecular weight excluding hydrogens is 454 g/mol. The summed E-state index contributed by atoms with van der Waals surface area (Å²) in [7, 11) is -1.48. The van der Waals surface area contributed by atoms with Gasteiger partial charge in [0.15, 0.2) is 0 Å². The average Bonchev–Trinajstić information content (AvgIpc) is 2.90. The van der Waals surface area contributed by atoms with Crippen LogP contribution >= 0.6 is 15.1 Å². The largest absolute Gasteiger partial charge is 0.455 e. The second kappa shape index (κ2) is 7.96. The standard InChI is InChI=1S/C30H20O2P2/c1-3-11-21(12-4-1)33-27-17-9-7-15-23(27)31-25-19-26-30(20-29(25)33)34(22-13-5-2-6-14-22)28-18-10-8-16-24(28)32-26/h1-20H. The van der Waals surface area contributed by atoms with Gasteiger partial charge in [-0.2, -0.15) is 0 Å². The number of hydrogen-bond donors (Lipinski definition) is 0. The Morgan fingerprint density at radius 3 is 1.24 bits per heavy atom. The second-order valence-corrected chi connectivity index (χ2v) is 12.6. The molecule has 162 valence electrons. The molecule has 2 unspecified atom stereocenters. The molecule has 0 N–H and O–H groups in total. The first-order valence-electron chi connectivity index (χ1n) is 11.3. The molecular formula is C30H20O2P2. The van der Waals surface area contributed by atoms with Gasteiger partial charge in [0.25, 0.3) is 0 Å². The lowest BCUT2D eigenvalue weighted by Crippen LogP contribution is -1.81. The number of benzene rings is 5. The molecule has 0 radical (unpaired) electrons. The van der Waals surface area contributed by atoms with Crippen molar-refractivity contribution in [2.75, 3.05) is 0 Å². The number of rotatable bonds is 2. The molecule has 0 aliphatic heterocycles. The van der Waals surface area contributed by atoms with Crippen molar-refractivity contribution in [1.29, 1.82) is 0 Å². The minimum Gasteiger partial charge on any atom is -0.455 e. The van der Waals surface area contributed by atoms with E-state index in [1.165, 1.54) is 31.1 Å². The van der Waals surface area contributed by atoms with Crippen molar-refractivity contribution in [1.82, 2.24) is 0 Å². The second-order valence-electron chi connectivity index (χ2n) is 8.27. The molecule has 4 heteroatoms. The Kier molecular flexibility index (Phi) is 4.62. The van der Waals surface area contributed by atoms with E-state index in [2.05, 4.69) is 109 Å². The highest BCUT2D eigenvalue weighted by Crippen LogP contribution is 2.57.